The van der Waals surface area contributed by atoms with Gasteiger partial charge in [0, 0.05) is 11.6 Å². The number of phenolic OH excluding ortho intramolecular Hbond substituents is 1. The number of carbonyl (C=O) groups is 2. The number of carbonyl (C=O) groups excluding carboxylic acids is 1. The summed E-state index contributed by atoms with van der Waals surface area (Å²) in [6, 6.07) is 13.0. The van der Waals surface area contributed by atoms with Gasteiger partial charge in [-0.25, -0.2) is 4.79 Å². The third kappa shape index (κ3) is 2.93. The number of aromatic hydroxyl groups is 1. The molecule has 1 saturated carbocycles. The highest BCUT2D eigenvalue weighted by Crippen LogP contribution is 2.48. The summed E-state index contributed by atoms with van der Waals surface area (Å²) in [6.07, 6.45) is 0.782. The van der Waals surface area contributed by atoms with Crippen molar-refractivity contribution < 1.29 is 19.8 Å². The first-order chi connectivity index (χ1) is 10.5. The number of aromatic carboxylic acids is 1. The molecule has 0 heterocycles. The third-order valence-electron chi connectivity index (χ3n) is 3.85. The molecule has 0 aliphatic heterocycles. The Balaban J connectivity index is 1.61. The average Bonchev–Trinajstić information content (AvgIpc) is 3.29. The number of phenols is 1. The quantitative estimate of drug-likeness (QED) is 0.810. The smallest absolute Gasteiger partial charge is 0.335 e. The lowest BCUT2D eigenvalue weighted by Gasteiger charge is -2.05. The minimum atomic E-state index is -0.993. The highest BCUT2D eigenvalue weighted by molar-refractivity contribution is 5.96. The largest absolute Gasteiger partial charge is 0.508 e. The SMILES string of the molecule is O=C(O)c1ccc(NC(=O)C2CC2c2ccc(O)cc2)cc1. The molecule has 0 aromatic heterocycles. The fourth-order valence-corrected chi connectivity index (χ4v) is 2.51. The number of anilines is 1. The highest BCUT2D eigenvalue weighted by atomic mass is 16.4. The lowest BCUT2D eigenvalue weighted by molar-refractivity contribution is -0.117. The lowest BCUT2D eigenvalue weighted by Crippen LogP contribution is -2.14. The van der Waals surface area contributed by atoms with E-state index in [4.69, 9.17) is 5.11 Å². The molecular weight excluding hydrogens is 282 g/mol. The normalized spacial score (nSPS) is 19.5. The van der Waals surface area contributed by atoms with E-state index in [0.29, 0.717) is 5.69 Å². The number of carboxylic acids is 1. The van der Waals surface area contributed by atoms with Gasteiger partial charge in [0.25, 0.3) is 0 Å². The molecule has 5 heteroatoms. The van der Waals surface area contributed by atoms with Gasteiger partial charge in [-0.3, -0.25) is 4.79 Å². The van der Waals surface area contributed by atoms with Crippen LogP contribution in [0, 0.1) is 5.92 Å². The van der Waals surface area contributed by atoms with Crippen molar-refractivity contribution in [3.8, 4) is 5.75 Å². The standard InChI is InChI=1S/C17H15NO4/c19-13-7-3-10(4-8-13)14-9-15(14)16(20)18-12-5-1-11(2-6-12)17(21)22/h1-8,14-15,19H,9H2,(H,18,20)(H,21,22). The average molecular weight is 297 g/mol. The fraction of sp³-hybridized carbons (Fsp3) is 0.176. The molecule has 1 aliphatic rings. The van der Waals surface area contributed by atoms with E-state index >= 15 is 0 Å². The van der Waals surface area contributed by atoms with Gasteiger partial charge in [0.15, 0.2) is 0 Å². The summed E-state index contributed by atoms with van der Waals surface area (Å²) in [5, 5.41) is 20.9. The van der Waals surface area contributed by atoms with Crippen LogP contribution in [-0.2, 0) is 4.79 Å². The minimum Gasteiger partial charge on any atom is -0.508 e. The van der Waals surface area contributed by atoms with Crippen LogP contribution < -0.4 is 5.32 Å². The summed E-state index contributed by atoms with van der Waals surface area (Å²) in [4.78, 5) is 22.9. The molecule has 0 spiro atoms. The van der Waals surface area contributed by atoms with Crippen molar-refractivity contribution in [1.29, 1.82) is 0 Å². The zero-order valence-electron chi connectivity index (χ0n) is 11.7. The number of nitrogens with one attached hydrogen (secondary N) is 1. The molecule has 1 fully saturated rings. The van der Waals surface area contributed by atoms with Crippen molar-refractivity contribution in [2.75, 3.05) is 5.32 Å². The van der Waals surface area contributed by atoms with Crippen LogP contribution >= 0.6 is 0 Å². The van der Waals surface area contributed by atoms with Gasteiger partial charge in [-0.15, -0.1) is 0 Å². The zero-order valence-corrected chi connectivity index (χ0v) is 11.7. The zero-order chi connectivity index (χ0) is 15.7. The van der Waals surface area contributed by atoms with Crippen molar-refractivity contribution in [3.63, 3.8) is 0 Å². The number of hydrogen-bond donors (Lipinski definition) is 3. The van der Waals surface area contributed by atoms with Gasteiger partial charge < -0.3 is 15.5 Å². The number of rotatable bonds is 4. The summed E-state index contributed by atoms with van der Waals surface area (Å²) < 4.78 is 0. The van der Waals surface area contributed by atoms with Crippen LogP contribution in [0.4, 0.5) is 5.69 Å². The van der Waals surface area contributed by atoms with Gasteiger partial charge in [-0.2, -0.15) is 0 Å². The first kappa shape index (κ1) is 14.1. The summed E-state index contributed by atoms with van der Waals surface area (Å²) in [6.45, 7) is 0. The van der Waals surface area contributed by atoms with Crippen molar-refractivity contribution in [2.45, 2.75) is 12.3 Å². The van der Waals surface area contributed by atoms with Gasteiger partial charge in [0.05, 0.1) is 5.56 Å². The van der Waals surface area contributed by atoms with E-state index in [1.165, 1.54) is 12.1 Å². The highest BCUT2D eigenvalue weighted by Gasteiger charge is 2.43. The molecule has 2 atom stereocenters. The molecular formula is C17H15NO4. The van der Waals surface area contributed by atoms with E-state index in [1.807, 2.05) is 12.1 Å². The van der Waals surface area contributed by atoms with E-state index in [1.54, 1.807) is 24.3 Å². The van der Waals surface area contributed by atoms with Crippen LogP contribution in [0.2, 0.25) is 0 Å². The number of carboxylic acid groups (broad SMARTS) is 1. The van der Waals surface area contributed by atoms with E-state index in [0.717, 1.165) is 12.0 Å². The number of benzene rings is 2. The van der Waals surface area contributed by atoms with Crippen LogP contribution in [0.25, 0.3) is 0 Å². The maximum atomic E-state index is 12.2. The summed E-state index contributed by atoms with van der Waals surface area (Å²) in [7, 11) is 0. The molecule has 5 nitrogen and oxygen atoms in total. The molecule has 112 valence electrons. The second-order valence-electron chi connectivity index (χ2n) is 5.41. The molecule has 2 unspecified atom stereocenters. The second kappa shape index (κ2) is 5.52. The van der Waals surface area contributed by atoms with Crippen LogP contribution in [0.15, 0.2) is 48.5 Å². The Labute approximate surface area is 127 Å². The van der Waals surface area contributed by atoms with E-state index in [-0.39, 0.29) is 29.1 Å². The summed E-state index contributed by atoms with van der Waals surface area (Å²) in [5.41, 5.74) is 1.82. The van der Waals surface area contributed by atoms with Crippen LogP contribution in [0.5, 0.6) is 5.75 Å². The summed E-state index contributed by atoms with van der Waals surface area (Å²) >= 11 is 0. The molecule has 2 aromatic rings. The van der Waals surface area contributed by atoms with Crippen molar-refractivity contribution >= 4 is 17.6 Å². The van der Waals surface area contributed by atoms with Crippen molar-refractivity contribution in [3.05, 3.63) is 59.7 Å². The van der Waals surface area contributed by atoms with Gasteiger partial charge in [-0.05, 0) is 54.3 Å². The molecule has 0 radical (unpaired) electrons. The number of hydrogen-bond acceptors (Lipinski definition) is 3. The summed E-state index contributed by atoms with van der Waals surface area (Å²) in [5.74, 6) is -0.750. The molecule has 3 N–H and O–H groups in total. The Morgan fingerprint density at radius 3 is 2.23 bits per heavy atom. The lowest BCUT2D eigenvalue weighted by atomic mass is 10.1. The van der Waals surface area contributed by atoms with Gasteiger partial charge in [-0.1, -0.05) is 12.1 Å². The van der Waals surface area contributed by atoms with Crippen LogP contribution in [0.3, 0.4) is 0 Å². The topological polar surface area (TPSA) is 86.6 Å². The van der Waals surface area contributed by atoms with Gasteiger partial charge in [0.1, 0.15) is 5.75 Å². The van der Waals surface area contributed by atoms with Crippen molar-refractivity contribution in [1.82, 2.24) is 0 Å². The maximum absolute atomic E-state index is 12.2. The Kier molecular flexibility index (Phi) is 3.55. The fourth-order valence-electron chi connectivity index (χ4n) is 2.51. The molecule has 1 aliphatic carbocycles. The predicted molar refractivity (Wildman–Crippen MR) is 81.0 cm³/mol. The molecule has 3 rings (SSSR count). The second-order valence-corrected chi connectivity index (χ2v) is 5.41. The Morgan fingerprint density at radius 2 is 1.64 bits per heavy atom. The van der Waals surface area contributed by atoms with E-state index < -0.39 is 5.97 Å². The Morgan fingerprint density at radius 1 is 1.00 bits per heavy atom. The molecule has 2 aromatic carbocycles. The molecule has 0 bridgehead atoms. The van der Waals surface area contributed by atoms with Gasteiger partial charge >= 0.3 is 5.97 Å². The maximum Gasteiger partial charge on any atom is 0.335 e. The molecule has 1 amide bonds. The van der Waals surface area contributed by atoms with E-state index in [9.17, 15) is 14.7 Å². The predicted octanol–water partition coefficient (Wildman–Crippen LogP) is 2.83. The van der Waals surface area contributed by atoms with Crippen LogP contribution in [0.1, 0.15) is 28.3 Å². The number of amides is 1. The molecule has 0 saturated heterocycles. The van der Waals surface area contributed by atoms with Crippen molar-refractivity contribution in [2.24, 2.45) is 5.92 Å². The minimum absolute atomic E-state index is 0.0684. The van der Waals surface area contributed by atoms with E-state index in [2.05, 4.69) is 5.32 Å². The Bertz CT molecular complexity index is 706. The first-order valence-electron chi connectivity index (χ1n) is 6.98. The van der Waals surface area contributed by atoms with Crippen LogP contribution in [-0.4, -0.2) is 22.1 Å². The third-order valence-corrected chi connectivity index (χ3v) is 3.85. The van der Waals surface area contributed by atoms with Gasteiger partial charge in [0.2, 0.25) is 5.91 Å². The Hall–Kier alpha value is -2.82. The monoisotopic (exact) mass is 297 g/mol. The molecule has 22 heavy (non-hydrogen) atoms. The first-order valence-corrected chi connectivity index (χ1v) is 6.98.